The van der Waals surface area contributed by atoms with Crippen LogP contribution in [0.25, 0.3) is 0 Å². The zero-order valence-corrected chi connectivity index (χ0v) is 16.5. The predicted octanol–water partition coefficient (Wildman–Crippen LogP) is 2.75. The Kier molecular flexibility index (Phi) is 6.04. The number of piperazine rings is 1. The maximum atomic E-state index is 12.5. The van der Waals surface area contributed by atoms with Crippen molar-refractivity contribution in [3.05, 3.63) is 48.0 Å². The number of aromatic nitrogens is 2. The fraction of sp³-hybridized carbons (Fsp3) is 0.500. The van der Waals surface area contributed by atoms with Gasteiger partial charge in [-0.15, -0.1) is 10.2 Å². The van der Waals surface area contributed by atoms with Crippen molar-refractivity contribution in [2.75, 3.05) is 49.1 Å². The van der Waals surface area contributed by atoms with Crippen molar-refractivity contribution in [2.24, 2.45) is 0 Å². The number of benzene rings is 1. The van der Waals surface area contributed by atoms with E-state index in [9.17, 15) is 4.79 Å². The second kappa shape index (κ2) is 9.04. The van der Waals surface area contributed by atoms with Gasteiger partial charge < -0.3 is 14.7 Å². The summed E-state index contributed by atoms with van der Waals surface area (Å²) in [5.41, 5.74) is 1.30. The third-order valence-electron chi connectivity index (χ3n) is 5.72. The lowest BCUT2D eigenvalue weighted by molar-refractivity contribution is -0.131. The Morgan fingerprint density at radius 1 is 0.786 bits per heavy atom. The van der Waals surface area contributed by atoms with Crippen molar-refractivity contribution in [2.45, 2.75) is 32.1 Å². The predicted molar refractivity (Wildman–Crippen MR) is 112 cm³/mol. The number of hydrogen-bond donors (Lipinski definition) is 0. The number of rotatable bonds is 6. The third kappa shape index (κ3) is 4.61. The van der Waals surface area contributed by atoms with Gasteiger partial charge in [-0.25, -0.2) is 0 Å². The number of amides is 1. The second-order valence-electron chi connectivity index (χ2n) is 7.65. The molecule has 4 rings (SSSR count). The first-order valence-electron chi connectivity index (χ1n) is 10.4. The molecule has 6 heteroatoms. The molecule has 2 aliphatic heterocycles. The lowest BCUT2D eigenvalue weighted by atomic mass is 10.1. The highest BCUT2D eigenvalue weighted by atomic mass is 16.2. The molecular weight excluding hydrogens is 350 g/mol. The topological polar surface area (TPSA) is 52.6 Å². The van der Waals surface area contributed by atoms with Crippen LogP contribution in [0.4, 0.5) is 11.6 Å². The zero-order chi connectivity index (χ0) is 19.2. The van der Waals surface area contributed by atoms with Crippen LogP contribution in [-0.4, -0.2) is 60.3 Å². The van der Waals surface area contributed by atoms with Crippen LogP contribution in [0.15, 0.2) is 42.5 Å². The summed E-state index contributed by atoms with van der Waals surface area (Å²) in [5, 5.41) is 8.84. The van der Waals surface area contributed by atoms with Crippen LogP contribution in [0.1, 0.15) is 31.2 Å². The van der Waals surface area contributed by atoms with Crippen LogP contribution >= 0.6 is 0 Å². The van der Waals surface area contributed by atoms with E-state index in [2.05, 4.69) is 56.4 Å². The molecular formula is C22H29N5O. The fourth-order valence-electron chi connectivity index (χ4n) is 4.03. The summed E-state index contributed by atoms with van der Waals surface area (Å²) < 4.78 is 0. The number of nitrogens with zero attached hydrogens (tertiary/aromatic N) is 5. The summed E-state index contributed by atoms with van der Waals surface area (Å²) in [7, 11) is 0. The number of anilines is 2. The monoisotopic (exact) mass is 379 g/mol. The van der Waals surface area contributed by atoms with Gasteiger partial charge in [-0.1, -0.05) is 30.3 Å². The fourth-order valence-corrected chi connectivity index (χ4v) is 4.03. The third-order valence-corrected chi connectivity index (χ3v) is 5.72. The second-order valence-corrected chi connectivity index (χ2v) is 7.65. The molecule has 0 unspecified atom stereocenters. The summed E-state index contributed by atoms with van der Waals surface area (Å²) in [4.78, 5) is 19.0. The van der Waals surface area contributed by atoms with E-state index in [4.69, 9.17) is 0 Å². The van der Waals surface area contributed by atoms with Crippen LogP contribution in [0, 0.1) is 0 Å². The van der Waals surface area contributed by atoms with Gasteiger partial charge in [0.2, 0.25) is 5.91 Å². The molecule has 6 nitrogen and oxygen atoms in total. The lowest BCUT2D eigenvalue weighted by Gasteiger charge is -2.35. The Bertz CT molecular complexity index is 750. The summed E-state index contributed by atoms with van der Waals surface area (Å²) in [6, 6.07) is 14.5. The van der Waals surface area contributed by atoms with E-state index in [1.54, 1.807) is 0 Å². The SMILES string of the molecule is O=C(CCCc1ccccc1)N1CCN(c2ccc(N3CCCC3)nn2)CC1. The van der Waals surface area contributed by atoms with Gasteiger partial charge in [0.05, 0.1) is 0 Å². The molecule has 28 heavy (non-hydrogen) atoms. The van der Waals surface area contributed by atoms with Gasteiger partial charge >= 0.3 is 0 Å². The van der Waals surface area contributed by atoms with E-state index in [0.29, 0.717) is 6.42 Å². The van der Waals surface area contributed by atoms with Gasteiger partial charge in [0.15, 0.2) is 11.6 Å². The van der Waals surface area contributed by atoms with E-state index in [1.807, 2.05) is 11.0 Å². The van der Waals surface area contributed by atoms with Gasteiger partial charge in [0.1, 0.15) is 0 Å². The minimum atomic E-state index is 0.269. The molecule has 0 N–H and O–H groups in total. The Morgan fingerprint density at radius 3 is 2.00 bits per heavy atom. The van der Waals surface area contributed by atoms with Gasteiger partial charge in [0.25, 0.3) is 0 Å². The Balaban J connectivity index is 1.22. The van der Waals surface area contributed by atoms with E-state index < -0.39 is 0 Å². The average Bonchev–Trinajstić information content (AvgIpc) is 3.30. The smallest absolute Gasteiger partial charge is 0.222 e. The summed E-state index contributed by atoms with van der Waals surface area (Å²) in [6.07, 6.45) is 4.98. The molecule has 0 bridgehead atoms. The first-order chi connectivity index (χ1) is 13.8. The molecule has 0 aliphatic carbocycles. The van der Waals surface area contributed by atoms with Gasteiger partial charge in [0, 0.05) is 45.7 Å². The number of aryl methyl sites for hydroxylation is 1. The summed E-state index contributed by atoms with van der Waals surface area (Å²) >= 11 is 0. The first-order valence-corrected chi connectivity index (χ1v) is 10.4. The van der Waals surface area contributed by atoms with E-state index in [1.165, 1.54) is 18.4 Å². The Labute approximate surface area is 167 Å². The molecule has 3 heterocycles. The molecule has 1 aromatic heterocycles. The van der Waals surface area contributed by atoms with Gasteiger partial charge in [-0.3, -0.25) is 4.79 Å². The quantitative estimate of drug-likeness (QED) is 0.772. The van der Waals surface area contributed by atoms with Crippen molar-refractivity contribution in [3.63, 3.8) is 0 Å². The molecule has 0 spiro atoms. The number of carbonyl (C=O) groups is 1. The van der Waals surface area contributed by atoms with Crippen LogP contribution < -0.4 is 9.80 Å². The standard InChI is InChI=1S/C22H29N5O/c28-22(10-6-9-19-7-2-1-3-8-19)27-17-15-26(16-18-27)21-12-11-20(23-24-21)25-13-4-5-14-25/h1-3,7-8,11-12H,4-6,9-10,13-18H2. The Morgan fingerprint density at radius 2 is 1.39 bits per heavy atom. The van der Waals surface area contributed by atoms with Crippen LogP contribution in [0.5, 0.6) is 0 Å². The van der Waals surface area contributed by atoms with Crippen LogP contribution in [0.3, 0.4) is 0 Å². The van der Waals surface area contributed by atoms with Crippen molar-refractivity contribution in [1.29, 1.82) is 0 Å². The lowest BCUT2D eigenvalue weighted by Crippen LogP contribution is -2.49. The first kappa shape index (κ1) is 18.7. The van der Waals surface area contributed by atoms with E-state index in [-0.39, 0.29) is 5.91 Å². The molecule has 2 aliphatic rings. The molecule has 1 amide bonds. The molecule has 2 fully saturated rings. The summed E-state index contributed by atoms with van der Waals surface area (Å²) in [5.74, 6) is 2.17. The molecule has 1 aromatic carbocycles. The molecule has 2 saturated heterocycles. The van der Waals surface area contributed by atoms with Crippen molar-refractivity contribution in [3.8, 4) is 0 Å². The molecule has 2 aromatic rings. The average molecular weight is 380 g/mol. The van der Waals surface area contributed by atoms with Crippen molar-refractivity contribution >= 4 is 17.5 Å². The van der Waals surface area contributed by atoms with Crippen LogP contribution in [-0.2, 0) is 11.2 Å². The van der Waals surface area contributed by atoms with Crippen molar-refractivity contribution in [1.82, 2.24) is 15.1 Å². The highest BCUT2D eigenvalue weighted by Gasteiger charge is 2.22. The molecule has 0 saturated carbocycles. The molecule has 0 atom stereocenters. The van der Waals surface area contributed by atoms with E-state index >= 15 is 0 Å². The minimum absolute atomic E-state index is 0.269. The molecule has 0 radical (unpaired) electrons. The Hall–Kier alpha value is -2.63. The minimum Gasteiger partial charge on any atom is -0.355 e. The highest BCUT2D eigenvalue weighted by Crippen LogP contribution is 2.20. The maximum absolute atomic E-state index is 12.5. The van der Waals surface area contributed by atoms with Gasteiger partial charge in [-0.05, 0) is 43.4 Å². The largest absolute Gasteiger partial charge is 0.355 e. The molecule has 148 valence electrons. The normalized spacial score (nSPS) is 17.2. The van der Waals surface area contributed by atoms with Crippen molar-refractivity contribution < 1.29 is 4.79 Å². The maximum Gasteiger partial charge on any atom is 0.222 e. The van der Waals surface area contributed by atoms with Gasteiger partial charge in [-0.2, -0.15) is 0 Å². The summed E-state index contributed by atoms with van der Waals surface area (Å²) in [6.45, 7) is 5.34. The number of carbonyl (C=O) groups excluding carboxylic acids is 1. The van der Waals surface area contributed by atoms with E-state index in [0.717, 1.165) is 63.7 Å². The van der Waals surface area contributed by atoms with Crippen LogP contribution in [0.2, 0.25) is 0 Å². The number of hydrogen-bond acceptors (Lipinski definition) is 5. The highest BCUT2D eigenvalue weighted by molar-refractivity contribution is 5.76. The zero-order valence-electron chi connectivity index (χ0n) is 16.5.